The summed E-state index contributed by atoms with van der Waals surface area (Å²) in [7, 11) is 0. The van der Waals surface area contributed by atoms with Crippen LogP contribution in [0.15, 0.2) is 59.7 Å². The quantitative estimate of drug-likeness (QED) is 0.116. The minimum absolute atomic E-state index is 0.0871. The summed E-state index contributed by atoms with van der Waals surface area (Å²) in [6, 6.07) is 11.7. The second kappa shape index (κ2) is 11.9. The molecule has 0 heterocycles. The molecule has 0 fully saturated rings. The predicted molar refractivity (Wildman–Crippen MR) is 137 cm³/mol. The number of carbonyl (C=O) groups is 1. The fraction of sp³-hybridized carbons (Fsp3) is 0.167. The molecular weight excluding hydrogens is 610 g/mol. The van der Waals surface area contributed by atoms with Gasteiger partial charge in [-0.1, -0.05) is 12.1 Å². The Morgan fingerprint density at radius 2 is 1.95 bits per heavy atom. The highest BCUT2D eigenvalue weighted by molar-refractivity contribution is 14.1. The van der Waals surface area contributed by atoms with Gasteiger partial charge in [-0.2, -0.15) is 18.3 Å². The largest absolute Gasteiger partial charge is 0.490 e. The maximum atomic E-state index is 12.9. The van der Waals surface area contributed by atoms with Crippen LogP contribution in [0.3, 0.4) is 0 Å². The number of hydrazone groups is 1. The minimum Gasteiger partial charge on any atom is -0.490 e. The number of nitrogens with zero attached hydrogens (tertiary/aromatic N) is 2. The molecule has 0 amide bonds. The third-order valence-corrected chi connectivity index (χ3v) is 5.61. The van der Waals surface area contributed by atoms with Crippen LogP contribution in [0, 0.1) is 13.7 Å². The summed E-state index contributed by atoms with van der Waals surface area (Å²) in [6.07, 6.45) is -3.39. The summed E-state index contributed by atoms with van der Waals surface area (Å²) in [5, 5.41) is 24.3. The monoisotopic (exact) mass is 629 g/mol. The van der Waals surface area contributed by atoms with Gasteiger partial charge in [0.15, 0.2) is 11.5 Å². The van der Waals surface area contributed by atoms with E-state index in [2.05, 4.69) is 10.5 Å². The first kappa shape index (κ1) is 27.7. The average Bonchev–Trinajstić information content (AvgIpc) is 2.83. The number of carboxylic acids is 1. The van der Waals surface area contributed by atoms with Crippen molar-refractivity contribution >= 4 is 46.1 Å². The number of hydrogen-bond donors (Lipinski definition) is 2. The van der Waals surface area contributed by atoms with Crippen LogP contribution in [0.1, 0.15) is 34.0 Å². The number of nitro groups is 1. The normalized spacial score (nSPS) is 11.4. The SMILES string of the molecule is CCOc1cc(/C=N\Nc2ccc(C(F)(F)F)cc2[N+](=O)[O-])cc(I)c1OCc1cccc(C(=O)O)c1. The Morgan fingerprint density at radius 3 is 2.59 bits per heavy atom. The Balaban J connectivity index is 1.80. The number of rotatable bonds is 10. The molecule has 0 aliphatic carbocycles. The van der Waals surface area contributed by atoms with Gasteiger partial charge in [0.05, 0.1) is 32.4 Å². The van der Waals surface area contributed by atoms with Crippen molar-refractivity contribution in [3.8, 4) is 11.5 Å². The molecule has 0 aliphatic heterocycles. The number of benzene rings is 3. The van der Waals surface area contributed by atoms with Gasteiger partial charge in [-0.3, -0.25) is 15.5 Å². The lowest BCUT2D eigenvalue weighted by atomic mass is 10.1. The molecule has 0 aliphatic rings. The first-order chi connectivity index (χ1) is 17.5. The third-order valence-electron chi connectivity index (χ3n) is 4.81. The number of halogens is 4. The highest BCUT2D eigenvalue weighted by atomic mass is 127. The maximum Gasteiger partial charge on any atom is 0.416 e. The first-order valence-corrected chi connectivity index (χ1v) is 11.6. The van der Waals surface area contributed by atoms with Gasteiger partial charge >= 0.3 is 12.1 Å². The Morgan fingerprint density at radius 1 is 1.19 bits per heavy atom. The van der Waals surface area contributed by atoms with E-state index < -0.39 is 28.3 Å². The molecular formula is C24H19F3IN3O6. The van der Waals surface area contributed by atoms with Crippen molar-refractivity contribution in [1.29, 1.82) is 0 Å². The van der Waals surface area contributed by atoms with Crippen LogP contribution < -0.4 is 14.9 Å². The van der Waals surface area contributed by atoms with Crippen molar-refractivity contribution < 1.29 is 37.5 Å². The molecule has 194 valence electrons. The first-order valence-electron chi connectivity index (χ1n) is 10.6. The van der Waals surface area contributed by atoms with E-state index in [0.29, 0.717) is 38.9 Å². The Labute approximate surface area is 222 Å². The molecule has 0 saturated heterocycles. The molecule has 0 bridgehead atoms. The fourth-order valence-corrected chi connectivity index (χ4v) is 3.93. The Kier molecular flexibility index (Phi) is 8.91. The molecule has 0 radical (unpaired) electrons. The Hall–Kier alpha value is -3.88. The van der Waals surface area contributed by atoms with Crippen LogP contribution in [0.2, 0.25) is 0 Å². The van der Waals surface area contributed by atoms with Crippen LogP contribution in [0.25, 0.3) is 0 Å². The number of nitro benzene ring substituents is 1. The van der Waals surface area contributed by atoms with Crippen LogP contribution >= 0.6 is 22.6 Å². The molecule has 2 N–H and O–H groups in total. The van der Waals surface area contributed by atoms with Crippen molar-refractivity contribution in [2.75, 3.05) is 12.0 Å². The number of hydrogen-bond acceptors (Lipinski definition) is 7. The van der Waals surface area contributed by atoms with Gasteiger partial charge in [-0.25, -0.2) is 4.79 Å². The Bertz CT molecular complexity index is 1350. The molecule has 0 unspecified atom stereocenters. The van der Waals surface area contributed by atoms with Gasteiger partial charge in [-0.05, 0) is 77.0 Å². The summed E-state index contributed by atoms with van der Waals surface area (Å²) < 4.78 is 50.9. The summed E-state index contributed by atoms with van der Waals surface area (Å²) in [5.74, 6) is -0.247. The van der Waals surface area contributed by atoms with E-state index in [1.807, 2.05) is 22.6 Å². The summed E-state index contributed by atoms with van der Waals surface area (Å²) >= 11 is 2.02. The van der Waals surface area contributed by atoms with E-state index in [9.17, 15) is 28.1 Å². The number of carboxylic acid groups (broad SMARTS) is 1. The number of nitrogens with one attached hydrogen (secondary N) is 1. The number of anilines is 1. The van der Waals surface area contributed by atoms with E-state index >= 15 is 0 Å². The van der Waals surface area contributed by atoms with Gasteiger partial charge in [-0.15, -0.1) is 0 Å². The highest BCUT2D eigenvalue weighted by Gasteiger charge is 2.33. The standard InChI is InChI=1S/C24H19F3IN3O6/c1-2-36-21-10-15(9-18(28)22(21)37-13-14-4-3-5-16(8-14)23(32)33)12-29-30-19-7-6-17(24(25,26)27)11-20(19)31(34)35/h3-12,30H,2,13H2,1H3,(H,32,33)/b29-12-. The van der Waals surface area contributed by atoms with Crippen molar-refractivity contribution in [3.63, 3.8) is 0 Å². The van der Waals surface area contributed by atoms with Crippen molar-refractivity contribution in [2.24, 2.45) is 5.10 Å². The molecule has 9 nitrogen and oxygen atoms in total. The zero-order valence-electron chi connectivity index (χ0n) is 19.1. The van der Waals surface area contributed by atoms with E-state index in [1.165, 1.54) is 18.3 Å². The molecule has 0 atom stereocenters. The van der Waals surface area contributed by atoms with Crippen LogP contribution in [0.5, 0.6) is 11.5 Å². The van der Waals surface area contributed by atoms with E-state index in [-0.39, 0.29) is 17.9 Å². The van der Waals surface area contributed by atoms with Gasteiger partial charge in [0.25, 0.3) is 5.69 Å². The van der Waals surface area contributed by atoms with E-state index in [4.69, 9.17) is 14.6 Å². The summed E-state index contributed by atoms with van der Waals surface area (Å²) in [5.41, 5.74) is 1.58. The number of alkyl halides is 3. The van der Waals surface area contributed by atoms with Gasteiger partial charge in [0.2, 0.25) is 0 Å². The lowest BCUT2D eigenvalue weighted by molar-refractivity contribution is -0.384. The lowest BCUT2D eigenvalue weighted by Gasteiger charge is -2.15. The van der Waals surface area contributed by atoms with E-state index in [1.54, 1.807) is 31.2 Å². The fourth-order valence-electron chi connectivity index (χ4n) is 3.15. The topological polar surface area (TPSA) is 123 Å². The van der Waals surface area contributed by atoms with Gasteiger partial charge < -0.3 is 14.6 Å². The summed E-state index contributed by atoms with van der Waals surface area (Å²) in [4.78, 5) is 21.5. The zero-order valence-corrected chi connectivity index (χ0v) is 21.2. The highest BCUT2D eigenvalue weighted by Crippen LogP contribution is 2.36. The number of aromatic carboxylic acids is 1. The van der Waals surface area contributed by atoms with Crippen LogP contribution in [-0.4, -0.2) is 28.8 Å². The zero-order chi connectivity index (χ0) is 27.2. The van der Waals surface area contributed by atoms with Gasteiger partial charge in [0, 0.05) is 6.07 Å². The van der Waals surface area contributed by atoms with E-state index in [0.717, 1.165) is 12.1 Å². The second-order valence-electron chi connectivity index (χ2n) is 7.41. The second-order valence-corrected chi connectivity index (χ2v) is 8.58. The average molecular weight is 629 g/mol. The predicted octanol–water partition coefficient (Wildman–Crippen LogP) is 6.34. The maximum absolute atomic E-state index is 12.9. The molecule has 3 aromatic carbocycles. The molecule has 37 heavy (non-hydrogen) atoms. The third kappa shape index (κ3) is 7.31. The molecule has 3 rings (SSSR count). The number of ether oxygens (including phenoxy) is 2. The smallest absolute Gasteiger partial charge is 0.416 e. The molecule has 0 spiro atoms. The van der Waals surface area contributed by atoms with Crippen molar-refractivity contribution in [3.05, 3.63) is 90.5 Å². The molecule has 3 aromatic rings. The van der Waals surface area contributed by atoms with Crippen molar-refractivity contribution in [1.82, 2.24) is 0 Å². The van der Waals surface area contributed by atoms with Gasteiger partial charge in [0.1, 0.15) is 12.3 Å². The van der Waals surface area contributed by atoms with Crippen LogP contribution in [0.4, 0.5) is 24.5 Å². The van der Waals surface area contributed by atoms with Crippen molar-refractivity contribution in [2.45, 2.75) is 19.7 Å². The lowest BCUT2D eigenvalue weighted by Crippen LogP contribution is -2.06. The van der Waals surface area contributed by atoms with Crippen LogP contribution in [-0.2, 0) is 12.8 Å². The molecule has 13 heteroatoms. The molecule has 0 aromatic heterocycles. The minimum atomic E-state index is -4.72. The molecule has 0 saturated carbocycles. The summed E-state index contributed by atoms with van der Waals surface area (Å²) in [6.45, 7) is 2.18.